The van der Waals surface area contributed by atoms with Crippen molar-refractivity contribution < 1.29 is 4.21 Å². The van der Waals surface area contributed by atoms with Gasteiger partial charge in [-0.1, -0.05) is 0 Å². The highest BCUT2D eigenvalue weighted by molar-refractivity contribution is 7.92. The molecule has 0 unspecified atom stereocenters. The number of hydrogen-bond acceptors (Lipinski definition) is 2. The molecule has 4 heteroatoms. The summed E-state index contributed by atoms with van der Waals surface area (Å²) in [7, 11) is -2.03. The van der Waals surface area contributed by atoms with Gasteiger partial charge in [-0.05, 0) is 0 Å². The SMILES string of the molecule is [C-]#[N+]CN=S(C)(C)=O. The Balaban J connectivity index is 4.03. The first kappa shape index (κ1) is 7.44. The lowest BCUT2D eigenvalue weighted by atomic mass is 11.2. The van der Waals surface area contributed by atoms with Crippen LogP contribution >= 0.6 is 0 Å². The molecule has 0 heterocycles. The summed E-state index contributed by atoms with van der Waals surface area (Å²) >= 11 is 0. The highest BCUT2D eigenvalue weighted by atomic mass is 32.2. The summed E-state index contributed by atoms with van der Waals surface area (Å²) in [5, 5.41) is 0. The van der Waals surface area contributed by atoms with Gasteiger partial charge in [0.05, 0.1) is 0 Å². The summed E-state index contributed by atoms with van der Waals surface area (Å²) < 4.78 is 14.2. The molecule has 0 fully saturated rings. The number of rotatable bonds is 1. The normalized spacial score (nSPS) is 10.1. The van der Waals surface area contributed by atoms with Crippen molar-refractivity contribution in [3.8, 4) is 0 Å². The first-order valence-corrected chi connectivity index (χ1v) is 4.35. The summed E-state index contributed by atoms with van der Waals surface area (Å²) in [5.74, 6) is 0. The smallest absolute Gasteiger partial charge is 0.290 e. The Morgan fingerprint density at radius 1 is 1.75 bits per heavy atom. The Kier molecular flexibility index (Phi) is 2.49. The number of nitrogens with zero attached hydrogens (tertiary/aromatic N) is 2. The average Bonchev–Trinajstić information content (AvgIpc) is 1.59. The molecule has 0 aromatic heterocycles. The van der Waals surface area contributed by atoms with Gasteiger partial charge in [-0.15, -0.1) is 0 Å². The predicted octanol–water partition coefficient (Wildman–Crippen LogP) is 0.591. The summed E-state index contributed by atoms with van der Waals surface area (Å²) in [6, 6.07) is 0. The predicted molar refractivity (Wildman–Crippen MR) is 33.9 cm³/mol. The molecule has 0 aliphatic rings. The Bertz CT molecular complexity index is 199. The Morgan fingerprint density at radius 2 is 2.25 bits per heavy atom. The molecule has 0 aliphatic heterocycles. The van der Waals surface area contributed by atoms with Crippen molar-refractivity contribution in [3.63, 3.8) is 0 Å². The topological polar surface area (TPSA) is 33.8 Å². The molecule has 0 aliphatic carbocycles. The second-order valence-electron chi connectivity index (χ2n) is 1.61. The van der Waals surface area contributed by atoms with Crippen LogP contribution < -0.4 is 0 Å². The minimum Gasteiger partial charge on any atom is -0.290 e. The van der Waals surface area contributed by atoms with Crippen LogP contribution in [0.2, 0.25) is 0 Å². The van der Waals surface area contributed by atoms with E-state index in [9.17, 15) is 4.21 Å². The summed E-state index contributed by atoms with van der Waals surface area (Å²) in [6.45, 7) is 6.31. The van der Waals surface area contributed by atoms with Crippen LogP contribution in [-0.2, 0) is 9.73 Å². The zero-order valence-electron chi connectivity index (χ0n) is 4.92. The van der Waals surface area contributed by atoms with Crippen molar-refractivity contribution in [2.45, 2.75) is 0 Å². The van der Waals surface area contributed by atoms with Crippen molar-refractivity contribution in [2.24, 2.45) is 4.36 Å². The molecule has 0 N–H and O–H groups in total. The highest BCUT2D eigenvalue weighted by Gasteiger charge is 1.86. The van der Waals surface area contributed by atoms with Gasteiger partial charge < -0.3 is 0 Å². The largest absolute Gasteiger partial charge is 0.313 e. The molecule has 46 valence electrons. The highest BCUT2D eigenvalue weighted by Crippen LogP contribution is 1.82. The molecule has 0 saturated heterocycles. The molecule has 3 nitrogen and oxygen atoms in total. The zero-order chi connectivity index (χ0) is 6.62. The van der Waals surface area contributed by atoms with E-state index in [4.69, 9.17) is 6.57 Å². The van der Waals surface area contributed by atoms with Crippen molar-refractivity contribution in [3.05, 3.63) is 11.4 Å². The monoisotopic (exact) mass is 132 g/mol. The van der Waals surface area contributed by atoms with Crippen LogP contribution in [0.15, 0.2) is 4.36 Å². The molecule has 0 aromatic carbocycles. The van der Waals surface area contributed by atoms with E-state index in [1.807, 2.05) is 0 Å². The van der Waals surface area contributed by atoms with Crippen molar-refractivity contribution in [1.82, 2.24) is 0 Å². The number of hydrogen-bond donors (Lipinski definition) is 0. The Labute approximate surface area is 49.7 Å². The van der Waals surface area contributed by atoms with Gasteiger partial charge in [-0.25, -0.2) is 6.57 Å². The molecule has 0 saturated carbocycles. The molecule has 8 heavy (non-hydrogen) atoms. The first-order chi connectivity index (χ1) is 3.56. The molecule has 0 spiro atoms. The first-order valence-electron chi connectivity index (χ1n) is 2.02. The molecule has 0 bridgehead atoms. The maximum atomic E-state index is 10.6. The van der Waals surface area contributed by atoms with Gasteiger partial charge in [0.1, 0.15) is 0 Å². The maximum Gasteiger partial charge on any atom is 0.313 e. The van der Waals surface area contributed by atoms with Crippen LogP contribution in [-0.4, -0.2) is 23.4 Å². The molecule has 0 rings (SSSR count). The summed E-state index contributed by atoms with van der Waals surface area (Å²) in [4.78, 5) is 2.93. The van der Waals surface area contributed by atoms with Gasteiger partial charge in [-0.3, -0.25) is 9.05 Å². The van der Waals surface area contributed by atoms with Crippen LogP contribution in [0.1, 0.15) is 0 Å². The zero-order valence-corrected chi connectivity index (χ0v) is 5.73. The van der Waals surface area contributed by atoms with E-state index in [1.165, 1.54) is 12.5 Å². The molecule has 0 atom stereocenters. The second-order valence-corrected chi connectivity index (χ2v) is 4.23. The van der Waals surface area contributed by atoms with E-state index in [0.717, 1.165) is 0 Å². The lowest BCUT2D eigenvalue weighted by molar-refractivity contribution is 0.683. The second kappa shape index (κ2) is 2.68. The van der Waals surface area contributed by atoms with Gasteiger partial charge in [0.25, 0.3) is 0 Å². The fraction of sp³-hybridized carbons (Fsp3) is 0.750. The van der Waals surface area contributed by atoms with E-state index in [-0.39, 0.29) is 6.67 Å². The quantitative estimate of drug-likeness (QED) is 0.481. The van der Waals surface area contributed by atoms with Crippen LogP contribution in [0.4, 0.5) is 0 Å². The van der Waals surface area contributed by atoms with Gasteiger partial charge in [-0.2, -0.15) is 4.36 Å². The standard InChI is InChI=1S/C4H8N2OS/c1-5-4-6-8(2,3)7/h4H2,2-3H3. The van der Waals surface area contributed by atoms with Crippen LogP contribution in [0, 0.1) is 6.57 Å². The van der Waals surface area contributed by atoms with E-state index in [0.29, 0.717) is 0 Å². The summed E-state index contributed by atoms with van der Waals surface area (Å²) in [6.07, 6.45) is 3.02. The summed E-state index contributed by atoms with van der Waals surface area (Å²) in [5.41, 5.74) is 0. The Morgan fingerprint density at radius 3 is 2.38 bits per heavy atom. The van der Waals surface area contributed by atoms with Crippen molar-refractivity contribution in [2.75, 3.05) is 19.2 Å². The average molecular weight is 132 g/mol. The third-order valence-corrected chi connectivity index (χ3v) is 1.18. The maximum absolute atomic E-state index is 10.6. The molecule has 0 aromatic rings. The van der Waals surface area contributed by atoms with E-state index >= 15 is 0 Å². The van der Waals surface area contributed by atoms with Crippen LogP contribution in [0.25, 0.3) is 4.85 Å². The van der Waals surface area contributed by atoms with E-state index in [1.54, 1.807) is 0 Å². The minimum atomic E-state index is -2.03. The van der Waals surface area contributed by atoms with Gasteiger partial charge in [0, 0.05) is 22.2 Å². The molecular formula is C4H8N2OS. The van der Waals surface area contributed by atoms with Gasteiger partial charge >= 0.3 is 6.67 Å². The fourth-order valence-corrected chi connectivity index (χ4v) is 0.504. The lowest BCUT2D eigenvalue weighted by Gasteiger charge is -1.84. The molecule has 0 amide bonds. The van der Waals surface area contributed by atoms with Crippen molar-refractivity contribution in [1.29, 1.82) is 0 Å². The van der Waals surface area contributed by atoms with Crippen LogP contribution in [0.3, 0.4) is 0 Å². The van der Waals surface area contributed by atoms with Crippen LogP contribution in [0.5, 0.6) is 0 Å². The third-order valence-electron chi connectivity index (χ3n) is 0.439. The van der Waals surface area contributed by atoms with Crippen molar-refractivity contribution >= 4 is 9.73 Å². The molecular weight excluding hydrogens is 124 g/mol. The fourth-order valence-electron chi connectivity index (χ4n) is 0.168. The Hall–Kier alpha value is -0.560. The van der Waals surface area contributed by atoms with Gasteiger partial charge in [0.15, 0.2) is 0 Å². The van der Waals surface area contributed by atoms with E-state index in [2.05, 4.69) is 9.21 Å². The third kappa shape index (κ3) is 5.44. The minimum absolute atomic E-state index is 0.0197. The lowest BCUT2D eigenvalue weighted by Crippen LogP contribution is -1.90. The van der Waals surface area contributed by atoms with Gasteiger partial charge in [0.2, 0.25) is 0 Å². The molecule has 0 radical (unpaired) electrons. The van der Waals surface area contributed by atoms with E-state index < -0.39 is 9.73 Å².